The van der Waals surface area contributed by atoms with E-state index in [1.165, 1.54) is 28.8 Å². The normalized spacial score (nSPS) is 16.1. The molecule has 1 aliphatic rings. The number of hydrogen-bond donors (Lipinski definition) is 1. The van der Waals surface area contributed by atoms with Crippen LogP contribution < -0.4 is 15.0 Å². The number of halogens is 2. The molecule has 9 heteroatoms. The summed E-state index contributed by atoms with van der Waals surface area (Å²) in [5.74, 6) is -0.329. The highest BCUT2D eigenvalue weighted by Crippen LogP contribution is 2.32. The van der Waals surface area contributed by atoms with E-state index in [9.17, 15) is 14.0 Å². The first-order chi connectivity index (χ1) is 16.4. The molecule has 1 aliphatic heterocycles. The quantitative estimate of drug-likeness (QED) is 0.276. The summed E-state index contributed by atoms with van der Waals surface area (Å²) in [6, 6.07) is 19.9. The third-order valence-corrected chi connectivity index (χ3v) is 6.46. The Hall–Kier alpha value is -3.36. The van der Waals surface area contributed by atoms with Crippen LogP contribution >= 0.6 is 23.4 Å². The van der Waals surface area contributed by atoms with Crippen molar-refractivity contribution in [1.82, 2.24) is 0 Å². The summed E-state index contributed by atoms with van der Waals surface area (Å²) in [4.78, 5) is 31.6. The van der Waals surface area contributed by atoms with Crippen molar-refractivity contribution in [1.29, 1.82) is 0 Å². The van der Waals surface area contributed by atoms with Crippen LogP contribution in [0.2, 0.25) is 5.02 Å². The molecule has 0 unspecified atom stereocenters. The SMILES string of the molecule is COc1ccc(N2C(=O)C[C@@H](SC(=NCc3ccc(Cl)cc3)Nc3ccc(F)cc3)C2=O)cc1. The first kappa shape index (κ1) is 23.8. The van der Waals surface area contributed by atoms with Crippen molar-refractivity contribution in [2.75, 3.05) is 17.3 Å². The second-order valence-electron chi connectivity index (χ2n) is 7.46. The van der Waals surface area contributed by atoms with Gasteiger partial charge in [0.25, 0.3) is 0 Å². The molecule has 0 saturated carbocycles. The lowest BCUT2D eigenvalue weighted by atomic mass is 10.2. The summed E-state index contributed by atoms with van der Waals surface area (Å²) in [6.07, 6.45) is 0.0423. The summed E-state index contributed by atoms with van der Waals surface area (Å²) in [7, 11) is 1.55. The summed E-state index contributed by atoms with van der Waals surface area (Å²) in [5, 5.41) is 3.57. The monoisotopic (exact) mass is 497 g/mol. The molecule has 3 aromatic carbocycles. The molecule has 3 aromatic rings. The Bertz CT molecular complexity index is 1200. The third kappa shape index (κ3) is 5.76. The predicted molar refractivity (Wildman–Crippen MR) is 134 cm³/mol. The van der Waals surface area contributed by atoms with Gasteiger partial charge in [-0.1, -0.05) is 35.5 Å². The Balaban J connectivity index is 1.53. The Morgan fingerprint density at radius 1 is 1.09 bits per heavy atom. The molecule has 2 amide bonds. The highest BCUT2D eigenvalue weighted by molar-refractivity contribution is 8.15. The molecular weight excluding hydrogens is 477 g/mol. The molecule has 0 aliphatic carbocycles. The maximum absolute atomic E-state index is 13.3. The van der Waals surface area contributed by atoms with E-state index >= 15 is 0 Å². The summed E-state index contributed by atoms with van der Waals surface area (Å²) in [5.41, 5.74) is 2.04. The number of thioether (sulfide) groups is 1. The van der Waals surface area contributed by atoms with Gasteiger partial charge in [0.05, 0.1) is 19.3 Å². The van der Waals surface area contributed by atoms with E-state index in [4.69, 9.17) is 16.3 Å². The van der Waals surface area contributed by atoms with Crippen LogP contribution in [0, 0.1) is 5.82 Å². The Kier molecular flexibility index (Phi) is 7.49. The predicted octanol–water partition coefficient (Wildman–Crippen LogP) is 5.52. The fourth-order valence-corrected chi connectivity index (χ4v) is 4.49. The van der Waals surface area contributed by atoms with Crippen LogP contribution in [-0.2, 0) is 16.1 Å². The van der Waals surface area contributed by atoms with Gasteiger partial charge in [-0.15, -0.1) is 0 Å². The number of amides is 2. The number of hydrogen-bond acceptors (Lipinski definition) is 5. The lowest BCUT2D eigenvalue weighted by Gasteiger charge is -2.16. The second-order valence-corrected chi connectivity index (χ2v) is 9.08. The average Bonchev–Trinajstić information content (AvgIpc) is 3.12. The minimum absolute atomic E-state index is 0.0423. The van der Waals surface area contributed by atoms with Crippen molar-refractivity contribution in [3.8, 4) is 5.75 Å². The van der Waals surface area contributed by atoms with E-state index < -0.39 is 5.25 Å². The molecule has 0 spiro atoms. The zero-order valence-electron chi connectivity index (χ0n) is 18.2. The standard InChI is InChI=1S/C25H21ClFN3O3S/c1-33-21-12-10-20(11-13-21)30-23(31)14-22(24(30)32)34-25(29-19-8-6-18(27)7-9-19)28-15-16-2-4-17(26)5-3-16/h2-13,22H,14-15H2,1H3,(H,28,29)/t22-/m1/s1. The van der Waals surface area contributed by atoms with Gasteiger partial charge >= 0.3 is 0 Å². The van der Waals surface area contributed by atoms with Crippen molar-refractivity contribution >= 4 is 51.7 Å². The Labute approximate surface area is 205 Å². The van der Waals surface area contributed by atoms with Crippen molar-refractivity contribution in [2.24, 2.45) is 4.99 Å². The topological polar surface area (TPSA) is 71.0 Å². The molecule has 1 atom stereocenters. The van der Waals surface area contributed by atoms with Crippen molar-refractivity contribution in [3.63, 3.8) is 0 Å². The van der Waals surface area contributed by atoms with Gasteiger partial charge < -0.3 is 10.1 Å². The molecule has 0 bridgehead atoms. The maximum Gasteiger partial charge on any atom is 0.247 e. The summed E-state index contributed by atoms with van der Waals surface area (Å²) in [6.45, 7) is 0.338. The largest absolute Gasteiger partial charge is 0.497 e. The van der Waals surface area contributed by atoms with E-state index in [-0.39, 0.29) is 24.1 Å². The van der Waals surface area contributed by atoms with Gasteiger partial charge in [-0.25, -0.2) is 9.29 Å². The van der Waals surface area contributed by atoms with Crippen LogP contribution in [0.1, 0.15) is 12.0 Å². The molecule has 0 radical (unpaired) electrons. The number of carbonyl (C=O) groups excluding carboxylic acids is 2. The van der Waals surface area contributed by atoms with Crippen LogP contribution in [0.4, 0.5) is 15.8 Å². The highest BCUT2D eigenvalue weighted by atomic mass is 35.5. The van der Waals surface area contributed by atoms with Crippen LogP contribution in [0.5, 0.6) is 5.75 Å². The fourth-order valence-electron chi connectivity index (χ4n) is 3.35. The van der Waals surface area contributed by atoms with Crippen molar-refractivity contribution in [3.05, 3.63) is 89.2 Å². The zero-order valence-corrected chi connectivity index (χ0v) is 19.8. The summed E-state index contributed by atoms with van der Waals surface area (Å²) < 4.78 is 18.5. The van der Waals surface area contributed by atoms with E-state index in [0.29, 0.717) is 33.9 Å². The Morgan fingerprint density at radius 2 is 1.76 bits per heavy atom. The van der Waals surface area contributed by atoms with Crippen LogP contribution in [0.15, 0.2) is 77.8 Å². The van der Waals surface area contributed by atoms with Gasteiger partial charge in [0.1, 0.15) is 16.8 Å². The highest BCUT2D eigenvalue weighted by Gasteiger charge is 2.40. The smallest absolute Gasteiger partial charge is 0.247 e. The van der Waals surface area contributed by atoms with Crippen LogP contribution in [0.25, 0.3) is 0 Å². The lowest BCUT2D eigenvalue weighted by Crippen LogP contribution is -2.31. The first-order valence-electron chi connectivity index (χ1n) is 10.4. The average molecular weight is 498 g/mol. The molecule has 1 N–H and O–H groups in total. The van der Waals surface area contributed by atoms with Gasteiger partial charge in [-0.3, -0.25) is 14.6 Å². The number of amidine groups is 1. The van der Waals surface area contributed by atoms with Gasteiger partial charge in [-0.05, 0) is 66.2 Å². The number of benzene rings is 3. The second kappa shape index (κ2) is 10.7. The fraction of sp³-hybridized carbons (Fsp3) is 0.160. The van der Waals surface area contributed by atoms with E-state index in [0.717, 1.165) is 5.56 Å². The number of methoxy groups -OCH3 is 1. The van der Waals surface area contributed by atoms with Crippen LogP contribution in [0.3, 0.4) is 0 Å². The lowest BCUT2D eigenvalue weighted by molar-refractivity contribution is -0.121. The van der Waals surface area contributed by atoms with Crippen molar-refractivity contribution < 1.29 is 18.7 Å². The van der Waals surface area contributed by atoms with Crippen molar-refractivity contribution in [2.45, 2.75) is 18.2 Å². The molecule has 0 aromatic heterocycles. The van der Waals surface area contributed by atoms with Crippen LogP contribution in [-0.4, -0.2) is 29.3 Å². The minimum atomic E-state index is -0.647. The third-order valence-electron chi connectivity index (χ3n) is 5.10. The number of imide groups is 1. The number of nitrogens with zero attached hydrogens (tertiary/aromatic N) is 2. The van der Waals surface area contributed by atoms with Gasteiger partial charge in [0.15, 0.2) is 5.17 Å². The molecule has 4 rings (SSSR count). The van der Waals surface area contributed by atoms with E-state index in [2.05, 4.69) is 10.3 Å². The number of aliphatic imine (C=N–C) groups is 1. The molecule has 34 heavy (non-hydrogen) atoms. The van der Waals surface area contributed by atoms with E-state index in [1.807, 2.05) is 12.1 Å². The first-order valence-corrected chi connectivity index (χ1v) is 11.7. The minimum Gasteiger partial charge on any atom is -0.497 e. The maximum atomic E-state index is 13.3. The molecule has 1 heterocycles. The van der Waals surface area contributed by atoms with E-state index in [1.54, 1.807) is 55.6 Å². The van der Waals surface area contributed by atoms with Gasteiger partial charge in [0, 0.05) is 17.1 Å². The number of ether oxygens (including phenoxy) is 1. The number of rotatable bonds is 6. The number of nitrogens with one attached hydrogen (secondary N) is 1. The molecule has 1 saturated heterocycles. The molecule has 1 fully saturated rings. The zero-order chi connectivity index (χ0) is 24.1. The molecule has 174 valence electrons. The van der Waals surface area contributed by atoms with Gasteiger partial charge in [-0.2, -0.15) is 0 Å². The van der Waals surface area contributed by atoms with Gasteiger partial charge in [0.2, 0.25) is 11.8 Å². The number of carbonyl (C=O) groups is 2. The summed E-state index contributed by atoms with van der Waals surface area (Å²) >= 11 is 7.13. The molecular formula is C25H21ClFN3O3S. The Morgan fingerprint density at radius 3 is 2.41 bits per heavy atom. The number of anilines is 2. The molecule has 6 nitrogen and oxygen atoms in total.